The molecule has 3 rings (SSSR count). The normalized spacial score (nSPS) is 11.2. The predicted molar refractivity (Wildman–Crippen MR) is 97.9 cm³/mol. The Balaban J connectivity index is 1.86. The topological polar surface area (TPSA) is 17.1 Å². The molecule has 0 aliphatic heterocycles. The van der Waals surface area contributed by atoms with Crippen molar-refractivity contribution in [2.24, 2.45) is 0 Å². The highest BCUT2D eigenvalue weighted by Crippen LogP contribution is 2.21. The van der Waals surface area contributed by atoms with Crippen molar-refractivity contribution in [2.75, 3.05) is 0 Å². The molecule has 3 aromatic carbocycles. The van der Waals surface area contributed by atoms with Crippen LogP contribution in [0.15, 0.2) is 91.0 Å². The average molecular weight is 310 g/mol. The summed E-state index contributed by atoms with van der Waals surface area (Å²) in [6.07, 6.45) is 0.383. The average Bonchev–Trinajstić information content (AvgIpc) is 2.67. The quantitative estimate of drug-likeness (QED) is 0.484. The summed E-state index contributed by atoms with van der Waals surface area (Å²) in [5, 5.41) is 0. The van der Waals surface area contributed by atoms with Crippen molar-refractivity contribution in [3.05, 3.63) is 108 Å². The fourth-order valence-electron chi connectivity index (χ4n) is 2.56. The van der Waals surface area contributed by atoms with Crippen LogP contribution in [0.5, 0.6) is 0 Å². The molecule has 3 aromatic rings. The van der Waals surface area contributed by atoms with E-state index in [1.54, 1.807) is 0 Å². The van der Waals surface area contributed by atoms with Crippen LogP contribution < -0.4 is 0 Å². The van der Waals surface area contributed by atoms with E-state index in [9.17, 15) is 4.79 Å². The van der Waals surface area contributed by atoms with Gasteiger partial charge < -0.3 is 0 Å². The molecule has 0 fully saturated rings. The third-order valence-electron chi connectivity index (χ3n) is 3.85. The molecule has 0 amide bonds. The van der Waals surface area contributed by atoms with Gasteiger partial charge in [-0.15, -0.1) is 0 Å². The molecular formula is C23H18O. The maximum atomic E-state index is 12.6. The van der Waals surface area contributed by atoms with Crippen molar-refractivity contribution < 1.29 is 4.79 Å². The van der Waals surface area contributed by atoms with Crippen molar-refractivity contribution in [3.8, 4) is 11.8 Å². The molecular weight excluding hydrogens is 292 g/mol. The lowest BCUT2D eigenvalue weighted by Gasteiger charge is -2.10. The van der Waals surface area contributed by atoms with Gasteiger partial charge in [-0.2, -0.15) is 0 Å². The maximum Gasteiger partial charge on any atom is 0.164 e. The fourth-order valence-corrected chi connectivity index (χ4v) is 2.56. The van der Waals surface area contributed by atoms with E-state index in [2.05, 4.69) is 11.8 Å². The standard InChI is InChI=1S/C23H18O/c24-23(21-14-8-3-9-15-21)18-22(20-12-6-2-7-13-20)17-16-19-10-4-1-5-11-19/h1-15,22H,18H2/t22-/m1/s1. The third kappa shape index (κ3) is 4.21. The van der Waals surface area contributed by atoms with Crippen LogP contribution in [-0.2, 0) is 0 Å². The number of rotatable bonds is 4. The van der Waals surface area contributed by atoms with Gasteiger partial charge in [0, 0.05) is 17.5 Å². The smallest absolute Gasteiger partial charge is 0.164 e. The van der Waals surface area contributed by atoms with Crippen LogP contribution in [0.4, 0.5) is 0 Å². The zero-order valence-electron chi connectivity index (χ0n) is 13.4. The van der Waals surface area contributed by atoms with Crippen molar-refractivity contribution in [2.45, 2.75) is 12.3 Å². The van der Waals surface area contributed by atoms with E-state index >= 15 is 0 Å². The zero-order chi connectivity index (χ0) is 16.6. The molecule has 0 radical (unpaired) electrons. The van der Waals surface area contributed by atoms with E-state index in [0.29, 0.717) is 6.42 Å². The molecule has 0 aliphatic carbocycles. The Bertz CT molecular complexity index is 840. The van der Waals surface area contributed by atoms with Crippen LogP contribution in [0.3, 0.4) is 0 Å². The van der Waals surface area contributed by atoms with Gasteiger partial charge in [0.05, 0.1) is 5.92 Å². The van der Waals surface area contributed by atoms with E-state index in [0.717, 1.165) is 16.7 Å². The van der Waals surface area contributed by atoms with E-state index in [-0.39, 0.29) is 11.7 Å². The van der Waals surface area contributed by atoms with Crippen molar-refractivity contribution in [3.63, 3.8) is 0 Å². The van der Waals surface area contributed by atoms with Crippen LogP contribution in [0.25, 0.3) is 0 Å². The zero-order valence-corrected chi connectivity index (χ0v) is 13.4. The van der Waals surface area contributed by atoms with Gasteiger partial charge in [-0.1, -0.05) is 90.7 Å². The van der Waals surface area contributed by atoms with Gasteiger partial charge in [0.2, 0.25) is 0 Å². The first-order chi connectivity index (χ1) is 11.8. The van der Waals surface area contributed by atoms with Gasteiger partial charge in [-0.3, -0.25) is 4.79 Å². The third-order valence-corrected chi connectivity index (χ3v) is 3.85. The maximum absolute atomic E-state index is 12.6. The first kappa shape index (κ1) is 15.8. The Kier molecular flexibility index (Phi) is 5.22. The summed E-state index contributed by atoms with van der Waals surface area (Å²) in [5.41, 5.74) is 2.77. The number of ketones is 1. The summed E-state index contributed by atoms with van der Waals surface area (Å²) in [6, 6.07) is 29.3. The second-order valence-corrected chi connectivity index (χ2v) is 5.59. The molecule has 1 atom stereocenters. The minimum absolute atomic E-state index is 0.112. The molecule has 0 aliphatic rings. The molecule has 0 saturated carbocycles. The van der Waals surface area contributed by atoms with Gasteiger partial charge in [0.1, 0.15) is 0 Å². The van der Waals surface area contributed by atoms with Gasteiger partial charge in [0.15, 0.2) is 5.78 Å². The number of hydrogen-bond acceptors (Lipinski definition) is 1. The van der Waals surface area contributed by atoms with Crippen LogP contribution in [0, 0.1) is 11.8 Å². The van der Waals surface area contributed by atoms with Gasteiger partial charge in [0.25, 0.3) is 0 Å². The van der Waals surface area contributed by atoms with Crippen molar-refractivity contribution >= 4 is 5.78 Å². The van der Waals surface area contributed by atoms with E-state index in [1.165, 1.54) is 0 Å². The van der Waals surface area contributed by atoms with Crippen molar-refractivity contribution in [1.82, 2.24) is 0 Å². The monoisotopic (exact) mass is 310 g/mol. The Morgan fingerprint density at radius 2 is 1.29 bits per heavy atom. The van der Waals surface area contributed by atoms with E-state index < -0.39 is 0 Å². The van der Waals surface area contributed by atoms with Gasteiger partial charge in [-0.05, 0) is 17.7 Å². The van der Waals surface area contributed by atoms with Crippen molar-refractivity contribution in [1.29, 1.82) is 0 Å². The summed E-state index contributed by atoms with van der Waals surface area (Å²) >= 11 is 0. The SMILES string of the molecule is O=C(C[C@@H](C#Cc1ccccc1)c1ccccc1)c1ccccc1. The number of carbonyl (C=O) groups excluding carboxylic acids is 1. The Hall–Kier alpha value is -3.11. The molecule has 0 heterocycles. The summed E-state index contributed by atoms with van der Waals surface area (Å²) in [4.78, 5) is 12.6. The van der Waals surface area contributed by atoms with Crippen LogP contribution in [0.1, 0.15) is 33.8 Å². The van der Waals surface area contributed by atoms with Crippen LogP contribution in [0.2, 0.25) is 0 Å². The lowest BCUT2D eigenvalue weighted by Crippen LogP contribution is -2.06. The second-order valence-electron chi connectivity index (χ2n) is 5.59. The number of hydrogen-bond donors (Lipinski definition) is 0. The lowest BCUT2D eigenvalue weighted by molar-refractivity contribution is 0.0979. The molecule has 0 bridgehead atoms. The second kappa shape index (κ2) is 7.94. The molecule has 0 aromatic heterocycles. The van der Waals surface area contributed by atoms with E-state index in [4.69, 9.17) is 0 Å². The molecule has 24 heavy (non-hydrogen) atoms. The lowest BCUT2D eigenvalue weighted by atomic mass is 9.92. The summed E-state index contributed by atoms with van der Waals surface area (Å²) in [6.45, 7) is 0. The minimum atomic E-state index is -0.112. The number of carbonyl (C=O) groups is 1. The highest BCUT2D eigenvalue weighted by atomic mass is 16.1. The Morgan fingerprint density at radius 3 is 1.92 bits per heavy atom. The molecule has 1 nitrogen and oxygen atoms in total. The van der Waals surface area contributed by atoms with Gasteiger partial charge in [-0.25, -0.2) is 0 Å². The summed E-state index contributed by atoms with van der Waals surface area (Å²) in [7, 11) is 0. The number of benzene rings is 3. The summed E-state index contributed by atoms with van der Waals surface area (Å²) < 4.78 is 0. The molecule has 0 spiro atoms. The Morgan fingerprint density at radius 1 is 0.750 bits per heavy atom. The molecule has 0 unspecified atom stereocenters. The first-order valence-electron chi connectivity index (χ1n) is 8.03. The highest BCUT2D eigenvalue weighted by Gasteiger charge is 2.15. The highest BCUT2D eigenvalue weighted by molar-refractivity contribution is 5.96. The molecule has 0 N–H and O–H groups in total. The summed E-state index contributed by atoms with van der Waals surface area (Å²) in [5.74, 6) is 6.49. The van der Waals surface area contributed by atoms with Crippen LogP contribution in [-0.4, -0.2) is 5.78 Å². The predicted octanol–water partition coefficient (Wildman–Crippen LogP) is 5.09. The largest absolute Gasteiger partial charge is 0.294 e. The van der Waals surface area contributed by atoms with Gasteiger partial charge >= 0.3 is 0 Å². The molecule has 116 valence electrons. The van der Waals surface area contributed by atoms with E-state index in [1.807, 2.05) is 91.0 Å². The minimum Gasteiger partial charge on any atom is -0.294 e. The Labute approximate surface area is 143 Å². The first-order valence-corrected chi connectivity index (χ1v) is 8.03. The molecule has 0 saturated heterocycles. The molecule has 1 heteroatoms. The number of Topliss-reactive ketones (excluding diaryl/α,β-unsaturated/α-hetero) is 1. The van der Waals surface area contributed by atoms with Crippen LogP contribution >= 0.6 is 0 Å². The fraction of sp³-hybridized carbons (Fsp3) is 0.0870.